The van der Waals surface area contributed by atoms with Gasteiger partial charge in [0.1, 0.15) is 5.01 Å². The Balaban J connectivity index is 1.47. The maximum Gasteiger partial charge on any atom is 0.232 e. The van der Waals surface area contributed by atoms with Gasteiger partial charge < -0.3 is 5.32 Å². The maximum atomic E-state index is 12.4. The smallest absolute Gasteiger partial charge is 0.232 e. The molecule has 0 fully saturated rings. The normalized spacial score (nSPS) is 13.4. The third-order valence-electron chi connectivity index (χ3n) is 5.15. The van der Waals surface area contributed by atoms with Gasteiger partial charge in [0.25, 0.3) is 0 Å². The highest BCUT2D eigenvalue weighted by molar-refractivity contribution is 7.92. The van der Waals surface area contributed by atoms with Gasteiger partial charge >= 0.3 is 0 Å². The lowest BCUT2D eigenvalue weighted by molar-refractivity contribution is -0.115. The van der Waals surface area contributed by atoms with E-state index in [0.717, 1.165) is 44.3 Å². The van der Waals surface area contributed by atoms with E-state index in [4.69, 9.17) is 0 Å². The Morgan fingerprint density at radius 3 is 2.73 bits per heavy atom. The molecule has 0 spiro atoms. The van der Waals surface area contributed by atoms with Crippen molar-refractivity contribution in [3.8, 4) is 11.3 Å². The fourth-order valence-electron chi connectivity index (χ4n) is 3.69. The van der Waals surface area contributed by atoms with Crippen LogP contribution in [0.15, 0.2) is 41.8 Å². The summed E-state index contributed by atoms with van der Waals surface area (Å²) in [5.41, 5.74) is 6.48. The minimum Gasteiger partial charge on any atom is -0.325 e. The third kappa shape index (κ3) is 4.24. The molecule has 0 saturated carbocycles. The number of aromatic nitrogens is 1. The highest BCUT2D eigenvalue weighted by Gasteiger charge is 2.26. The lowest BCUT2D eigenvalue weighted by atomic mass is 10.1. The second-order valence-corrected chi connectivity index (χ2v) is 10.4. The summed E-state index contributed by atoms with van der Waals surface area (Å²) in [5, 5.41) is 5.63. The van der Waals surface area contributed by atoms with Crippen LogP contribution in [-0.2, 0) is 27.7 Å². The van der Waals surface area contributed by atoms with Gasteiger partial charge in [-0.15, -0.1) is 11.3 Å². The molecule has 1 aliphatic heterocycles. The van der Waals surface area contributed by atoms with Gasteiger partial charge in [0, 0.05) is 23.2 Å². The van der Waals surface area contributed by atoms with Crippen LogP contribution in [0, 0.1) is 13.8 Å². The number of nitrogens with one attached hydrogen (secondary N) is 1. The number of thiazole rings is 1. The first-order valence-electron chi connectivity index (χ1n) is 9.63. The lowest BCUT2D eigenvalue weighted by Crippen LogP contribution is -2.27. The van der Waals surface area contributed by atoms with Gasteiger partial charge in [0.05, 0.1) is 24.1 Å². The van der Waals surface area contributed by atoms with Crippen molar-refractivity contribution in [2.45, 2.75) is 26.7 Å². The van der Waals surface area contributed by atoms with Gasteiger partial charge in [-0.25, -0.2) is 13.4 Å². The average molecular weight is 442 g/mol. The number of sulfonamides is 1. The number of benzene rings is 2. The molecule has 0 radical (unpaired) electrons. The van der Waals surface area contributed by atoms with Gasteiger partial charge in [-0.3, -0.25) is 9.10 Å². The van der Waals surface area contributed by atoms with Crippen molar-refractivity contribution < 1.29 is 13.2 Å². The SMILES string of the molecule is Cc1ccc(NC(=O)Cc2nc(-c3ccc4c(c3)CCN4S(C)(=O)=O)cs2)c(C)c1. The van der Waals surface area contributed by atoms with Gasteiger partial charge in [0.2, 0.25) is 15.9 Å². The van der Waals surface area contributed by atoms with Crippen LogP contribution in [-0.4, -0.2) is 32.1 Å². The van der Waals surface area contributed by atoms with Crippen molar-refractivity contribution in [2.75, 3.05) is 22.4 Å². The zero-order valence-corrected chi connectivity index (χ0v) is 18.7. The molecule has 1 amide bonds. The molecule has 0 unspecified atom stereocenters. The van der Waals surface area contributed by atoms with E-state index in [0.29, 0.717) is 13.0 Å². The molecule has 0 atom stereocenters. The van der Waals surface area contributed by atoms with E-state index in [9.17, 15) is 13.2 Å². The Morgan fingerprint density at radius 1 is 1.20 bits per heavy atom. The average Bonchev–Trinajstić information content (AvgIpc) is 3.30. The fraction of sp³-hybridized carbons (Fsp3) is 0.273. The second kappa shape index (κ2) is 7.85. The number of hydrogen-bond acceptors (Lipinski definition) is 5. The predicted octanol–water partition coefficient (Wildman–Crippen LogP) is 3.93. The van der Waals surface area contributed by atoms with Crippen molar-refractivity contribution >= 4 is 38.6 Å². The topological polar surface area (TPSA) is 79.4 Å². The van der Waals surface area contributed by atoms with Gasteiger partial charge in [-0.05, 0) is 49.6 Å². The summed E-state index contributed by atoms with van der Waals surface area (Å²) in [6.07, 6.45) is 2.13. The number of hydrogen-bond donors (Lipinski definition) is 1. The van der Waals surface area contributed by atoms with Crippen LogP contribution in [0.5, 0.6) is 0 Å². The Labute approximate surface area is 180 Å². The summed E-state index contributed by atoms with van der Waals surface area (Å²) < 4.78 is 25.2. The van der Waals surface area contributed by atoms with E-state index in [1.807, 2.05) is 55.6 Å². The summed E-state index contributed by atoms with van der Waals surface area (Å²) in [7, 11) is -3.26. The number of rotatable bonds is 5. The molecule has 2 aromatic carbocycles. The Morgan fingerprint density at radius 2 is 2.00 bits per heavy atom. The molecule has 4 rings (SSSR count). The number of nitrogens with zero attached hydrogens (tertiary/aromatic N) is 2. The molecular formula is C22H23N3O3S2. The molecule has 1 N–H and O–H groups in total. The largest absolute Gasteiger partial charge is 0.325 e. The minimum absolute atomic E-state index is 0.0967. The molecule has 8 heteroatoms. The molecule has 0 saturated heterocycles. The summed E-state index contributed by atoms with van der Waals surface area (Å²) in [6, 6.07) is 11.6. The molecular weight excluding hydrogens is 418 g/mol. The Kier molecular flexibility index (Phi) is 5.38. The number of anilines is 2. The van der Waals surface area contributed by atoms with Crippen LogP contribution >= 0.6 is 11.3 Å². The molecule has 3 aromatic rings. The summed E-state index contributed by atoms with van der Waals surface area (Å²) in [6.45, 7) is 4.47. The predicted molar refractivity (Wildman–Crippen MR) is 122 cm³/mol. The van der Waals surface area contributed by atoms with Crippen molar-refractivity contribution in [3.63, 3.8) is 0 Å². The van der Waals surface area contributed by atoms with Crippen molar-refractivity contribution in [1.82, 2.24) is 4.98 Å². The summed E-state index contributed by atoms with van der Waals surface area (Å²) >= 11 is 1.45. The molecule has 1 aliphatic rings. The quantitative estimate of drug-likeness (QED) is 0.651. The Hall–Kier alpha value is -2.71. The van der Waals surface area contributed by atoms with E-state index in [-0.39, 0.29) is 12.3 Å². The molecule has 2 heterocycles. The number of carbonyl (C=O) groups excluding carboxylic acids is 1. The van der Waals surface area contributed by atoms with Crippen LogP contribution in [0.3, 0.4) is 0 Å². The van der Waals surface area contributed by atoms with Crippen LogP contribution in [0.25, 0.3) is 11.3 Å². The standard InChI is InChI=1S/C22H23N3O3S2/c1-14-4-6-18(15(2)10-14)23-21(26)12-22-24-19(13-29-22)16-5-7-20-17(11-16)8-9-25(20)30(3,27)28/h4-7,10-11,13H,8-9,12H2,1-3H3,(H,23,26). The maximum absolute atomic E-state index is 12.4. The molecule has 0 bridgehead atoms. The molecule has 156 valence electrons. The lowest BCUT2D eigenvalue weighted by Gasteiger charge is -2.16. The fourth-order valence-corrected chi connectivity index (χ4v) is 5.45. The monoisotopic (exact) mass is 441 g/mol. The van der Waals surface area contributed by atoms with Crippen molar-refractivity contribution in [2.24, 2.45) is 0 Å². The first-order valence-corrected chi connectivity index (χ1v) is 12.4. The number of carbonyl (C=O) groups is 1. The van der Waals surface area contributed by atoms with E-state index < -0.39 is 10.0 Å². The number of aryl methyl sites for hydroxylation is 2. The van der Waals surface area contributed by atoms with E-state index in [2.05, 4.69) is 10.3 Å². The molecule has 0 aliphatic carbocycles. The minimum atomic E-state index is -3.26. The van der Waals surface area contributed by atoms with Crippen LogP contribution in [0.4, 0.5) is 11.4 Å². The number of fused-ring (bicyclic) bond motifs is 1. The first kappa shape index (κ1) is 20.6. The third-order valence-corrected chi connectivity index (χ3v) is 7.18. The van der Waals surface area contributed by atoms with Gasteiger partial charge in [-0.2, -0.15) is 0 Å². The zero-order valence-electron chi connectivity index (χ0n) is 17.1. The van der Waals surface area contributed by atoms with E-state index >= 15 is 0 Å². The van der Waals surface area contributed by atoms with E-state index in [1.54, 1.807) is 0 Å². The van der Waals surface area contributed by atoms with Crippen LogP contribution in [0.2, 0.25) is 0 Å². The highest BCUT2D eigenvalue weighted by Crippen LogP contribution is 2.34. The van der Waals surface area contributed by atoms with Gasteiger partial charge in [-0.1, -0.05) is 23.8 Å². The molecule has 30 heavy (non-hydrogen) atoms. The second-order valence-electron chi connectivity index (χ2n) is 7.60. The first-order chi connectivity index (χ1) is 14.2. The van der Waals surface area contributed by atoms with Gasteiger partial charge in [0.15, 0.2) is 0 Å². The van der Waals surface area contributed by atoms with Crippen LogP contribution in [0.1, 0.15) is 21.7 Å². The summed E-state index contributed by atoms with van der Waals surface area (Å²) in [4.78, 5) is 17.1. The van der Waals surface area contributed by atoms with Crippen molar-refractivity contribution in [3.05, 3.63) is 63.5 Å². The Bertz CT molecular complexity index is 1230. The zero-order chi connectivity index (χ0) is 21.5. The highest BCUT2D eigenvalue weighted by atomic mass is 32.2. The van der Waals surface area contributed by atoms with E-state index in [1.165, 1.54) is 21.9 Å². The molecule has 1 aromatic heterocycles. The number of amides is 1. The summed E-state index contributed by atoms with van der Waals surface area (Å²) in [5.74, 6) is -0.0967. The van der Waals surface area contributed by atoms with Crippen molar-refractivity contribution in [1.29, 1.82) is 0 Å². The molecule has 6 nitrogen and oxygen atoms in total. The van der Waals surface area contributed by atoms with Crippen LogP contribution < -0.4 is 9.62 Å².